The Labute approximate surface area is 188 Å². The number of anilines is 1. The quantitative estimate of drug-likeness (QED) is 0.302. The summed E-state index contributed by atoms with van der Waals surface area (Å²) in [5.74, 6) is -0.378. The highest BCUT2D eigenvalue weighted by Gasteiger charge is 2.39. The van der Waals surface area contributed by atoms with E-state index in [9.17, 15) is 18.3 Å². The highest BCUT2D eigenvalue weighted by molar-refractivity contribution is 7.91. The molecule has 3 rings (SSSR count). The number of hydrogen-bond acceptors (Lipinski definition) is 10. The Bertz CT molecular complexity index is 1080. The Morgan fingerprint density at radius 3 is 2.62 bits per heavy atom. The molecule has 2 aromatic rings. The third-order valence-electron chi connectivity index (χ3n) is 5.53. The normalized spacial score (nSPS) is 21.8. The van der Waals surface area contributed by atoms with E-state index in [4.69, 9.17) is 9.47 Å². The van der Waals surface area contributed by atoms with Crippen LogP contribution in [0, 0.1) is 0 Å². The summed E-state index contributed by atoms with van der Waals surface area (Å²) in [6, 6.07) is 0.438. The van der Waals surface area contributed by atoms with Gasteiger partial charge in [-0.1, -0.05) is 19.6 Å². The Morgan fingerprint density at radius 2 is 2.03 bits per heavy atom. The van der Waals surface area contributed by atoms with Crippen LogP contribution in [0.3, 0.4) is 0 Å². The van der Waals surface area contributed by atoms with Crippen LogP contribution in [0.25, 0.3) is 11.0 Å². The number of aromatic nitrogens is 4. The average molecular weight is 486 g/mol. The molecule has 1 saturated carbocycles. The van der Waals surface area contributed by atoms with Crippen molar-refractivity contribution in [1.29, 1.82) is 0 Å². The fourth-order valence-electron chi connectivity index (χ4n) is 3.63. The molecular formula is C19H31N5O6SSi. The summed E-state index contributed by atoms with van der Waals surface area (Å²) in [5, 5.41) is 17.5. The molecule has 0 radical (unpaired) electrons. The predicted molar refractivity (Wildman–Crippen MR) is 122 cm³/mol. The second-order valence-electron chi connectivity index (χ2n) is 9.35. The minimum Gasteiger partial charge on any atom is -0.464 e. The van der Waals surface area contributed by atoms with Gasteiger partial charge in [0.25, 0.3) is 0 Å². The Kier molecular flexibility index (Phi) is 7.22. The van der Waals surface area contributed by atoms with E-state index < -0.39 is 41.3 Å². The number of carbonyl (C=O) groups excluding carboxylic acids is 1. The molecule has 2 aromatic heterocycles. The molecule has 178 valence electrons. The number of ether oxygens (including phenoxy) is 2. The maximum atomic E-state index is 12.4. The van der Waals surface area contributed by atoms with Crippen LogP contribution in [0.5, 0.6) is 0 Å². The van der Waals surface area contributed by atoms with Gasteiger partial charge in [-0.3, -0.25) is 0 Å². The zero-order valence-corrected chi connectivity index (χ0v) is 20.8. The summed E-state index contributed by atoms with van der Waals surface area (Å²) >= 11 is 0. The molecule has 0 aromatic carbocycles. The first kappa shape index (κ1) is 24.5. The molecule has 11 nitrogen and oxygen atoms in total. The summed E-state index contributed by atoms with van der Waals surface area (Å²) in [6.07, 6.45) is 1.98. The number of esters is 1. The van der Waals surface area contributed by atoms with Crippen molar-refractivity contribution in [3.63, 3.8) is 0 Å². The lowest BCUT2D eigenvalue weighted by Gasteiger charge is -2.17. The number of carbonyl (C=O) groups is 1. The van der Waals surface area contributed by atoms with Crippen molar-refractivity contribution >= 4 is 40.7 Å². The molecule has 1 unspecified atom stereocenters. The molecule has 0 saturated heterocycles. The van der Waals surface area contributed by atoms with Crippen LogP contribution >= 0.6 is 0 Å². The number of nitrogens with one attached hydrogen (secondary N) is 1. The van der Waals surface area contributed by atoms with E-state index in [0.29, 0.717) is 17.6 Å². The van der Waals surface area contributed by atoms with Crippen LogP contribution in [0.1, 0.15) is 23.3 Å². The lowest BCUT2D eigenvalue weighted by molar-refractivity contribution is 0.0585. The van der Waals surface area contributed by atoms with Crippen molar-refractivity contribution in [2.24, 2.45) is 0 Å². The monoisotopic (exact) mass is 485 g/mol. The van der Waals surface area contributed by atoms with Crippen molar-refractivity contribution in [2.45, 2.75) is 62.7 Å². The van der Waals surface area contributed by atoms with Gasteiger partial charge in [-0.05, 0) is 18.9 Å². The number of fused-ring (bicyclic) bond motifs is 1. The van der Waals surface area contributed by atoms with Gasteiger partial charge in [0.2, 0.25) is 0 Å². The minimum atomic E-state index is -3.29. The maximum Gasteiger partial charge on any atom is 0.359 e. The fourth-order valence-corrected chi connectivity index (χ4v) is 5.49. The van der Waals surface area contributed by atoms with Gasteiger partial charge < -0.3 is 19.9 Å². The van der Waals surface area contributed by atoms with Gasteiger partial charge in [0.1, 0.15) is 28.7 Å². The number of aliphatic hydroxyl groups excluding tert-OH is 1. The van der Waals surface area contributed by atoms with Gasteiger partial charge in [0, 0.05) is 20.9 Å². The SMILES string of the molecule is COC(=O)c1nn(COCC[Si](C)(C)C)c2ncnc(NC3C[C@@H](S(C)(=O)=O)C[C@H]3O)c12. The average Bonchev–Trinajstić information content (AvgIpc) is 3.25. The van der Waals surface area contributed by atoms with E-state index in [2.05, 4.69) is 40.0 Å². The Balaban J connectivity index is 1.89. The summed E-state index contributed by atoms with van der Waals surface area (Å²) < 4.78 is 35.9. The van der Waals surface area contributed by atoms with E-state index >= 15 is 0 Å². The van der Waals surface area contributed by atoms with Gasteiger partial charge in [-0.25, -0.2) is 27.9 Å². The summed E-state index contributed by atoms with van der Waals surface area (Å²) in [6.45, 7) is 7.45. The smallest absolute Gasteiger partial charge is 0.359 e. The highest BCUT2D eigenvalue weighted by Crippen LogP contribution is 2.31. The second-order valence-corrected chi connectivity index (χ2v) is 17.3. The van der Waals surface area contributed by atoms with E-state index in [1.54, 1.807) is 0 Å². The first-order valence-corrected chi connectivity index (χ1v) is 16.1. The highest BCUT2D eigenvalue weighted by atomic mass is 32.2. The van der Waals surface area contributed by atoms with Crippen molar-refractivity contribution in [1.82, 2.24) is 19.7 Å². The molecule has 2 N–H and O–H groups in total. The number of methoxy groups -OCH3 is 1. The molecule has 0 amide bonds. The number of aliphatic hydroxyl groups is 1. The molecular weight excluding hydrogens is 454 g/mol. The third-order valence-corrected chi connectivity index (χ3v) is 8.83. The molecule has 0 aliphatic heterocycles. The van der Waals surface area contributed by atoms with Crippen LogP contribution in [0.2, 0.25) is 25.7 Å². The molecule has 1 aliphatic rings. The molecule has 0 bridgehead atoms. The molecule has 2 heterocycles. The molecule has 1 aliphatic carbocycles. The number of sulfone groups is 1. The van der Waals surface area contributed by atoms with Gasteiger partial charge in [-0.15, -0.1) is 0 Å². The van der Waals surface area contributed by atoms with Crippen LogP contribution in [0.4, 0.5) is 5.82 Å². The molecule has 13 heteroatoms. The molecule has 32 heavy (non-hydrogen) atoms. The Morgan fingerprint density at radius 1 is 1.31 bits per heavy atom. The first-order valence-electron chi connectivity index (χ1n) is 10.4. The van der Waals surface area contributed by atoms with Crippen molar-refractivity contribution < 1.29 is 27.8 Å². The number of hydrogen-bond donors (Lipinski definition) is 2. The minimum absolute atomic E-state index is 0.0200. The molecule has 1 fully saturated rings. The van der Waals surface area contributed by atoms with Crippen LogP contribution in [-0.2, 0) is 26.0 Å². The topological polar surface area (TPSA) is 146 Å². The maximum absolute atomic E-state index is 12.4. The van der Waals surface area contributed by atoms with E-state index in [-0.39, 0.29) is 31.1 Å². The lowest BCUT2D eigenvalue weighted by Crippen LogP contribution is -2.28. The predicted octanol–water partition coefficient (Wildman–Crippen LogP) is 1.27. The van der Waals surface area contributed by atoms with E-state index in [1.165, 1.54) is 18.1 Å². The van der Waals surface area contributed by atoms with E-state index in [0.717, 1.165) is 12.3 Å². The lowest BCUT2D eigenvalue weighted by atomic mass is 10.2. The van der Waals surface area contributed by atoms with E-state index in [1.807, 2.05) is 0 Å². The number of rotatable bonds is 9. The zero-order chi connectivity index (χ0) is 23.7. The Hall–Kier alpha value is -2.09. The fraction of sp³-hybridized carbons (Fsp3) is 0.684. The van der Waals surface area contributed by atoms with Crippen molar-refractivity contribution in [3.8, 4) is 0 Å². The van der Waals surface area contributed by atoms with Crippen LogP contribution < -0.4 is 5.32 Å². The van der Waals surface area contributed by atoms with Gasteiger partial charge >= 0.3 is 5.97 Å². The van der Waals surface area contributed by atoms with Crippen molar-refractivity contribution in [2.75, 3.05) is 25.3 Å². The summed E-state index contributed by atoms with van der Waals surface area (Å²) in [7, 11) is -3.28. The molecule has 0 spiro atoms. The van der Waals surface area contributed by atoms with Gasteiger partial charge in [0.15, 0.2) is 11.3 Å². The second kappa shape index (κ2) is 9.41. The number of nitrogens with zero attached hydrogens (tertiary/aromatic N) is 4. The summed E-state index contributed by atoms with van der Waals surface area (Å²) in [4.78, 5) is 20.9. The molecule has 3 atom stereocenters. The summed E-state index contributed by atoms with van der Waals surface area (Å²) in [5.41, 5.74) is 0.398. The largest absolute Gasteiger partial charge is 0.464 e. The van der Waals surface area contributed by atoms with Gasteiger partial charge in [-0.2, -0.15) is 5.10 Å². The van der Waals surface area contributed by atoms with Crippen LogP contribution in [-0.4, -0.2) is 84.7 Å². The first-order chi connectivity index (χ1) is 14.9. The standard InChI is InChI=1S/C19H31N5O6SSi/c1-29-19(26)16-15-17(22-13-8-12(9-14(13)25)31(2,27)28)20-10-21-18(15)24(23-16)11-30-6-7-32(3,4)5/h10,12-14,25H,6-9,11H2,1-5H3,(H,20,21,22)/t12-,13?,14-/m1/s1. The van der Waals surface area contributed by atoms with Crippen LogP contribution in [0.15, 0.2) is 6.33 Å². The van der Waals surface area contributed by atoms with Gasteiger partial charge in [0.05, 0.1) is 29.9 Å². The van der Waals surface area contributed by atoms with Crippen molar-refractivity contribution in [3.05, 3.63) is 12.0 Å². The zero-order valence-electron chi connectivity index (χ0n) is 19.0. The third kappa shape index (κ3) is 5.63.